The van der Waals surface area contributed by atoms with Gasteiger partial charge in [-0.25, -0.2) is 0 Å². The molecule has 0 aliphatic carbocycles. The van der Waals surface area contributed by atoms with E-state index in [1.54, 1.807) is 0 Å². The molecule has 0 aromatic heterocycles. The zero-order valence-corrected chi connectivity index (χ0v) is 5.63. The standard InChI is InChI=1S/C7H12O2.Na.H/c1-2-3-4-5-6-7(8)9;;/h2-3H,4-6H2,1H3,(H,8,9);;. The Labute approximate surface area is 83.6 Å². The van der Waals surface area contributed by atoms with Crippen LogP contribution in [0.1, 0.15) is 26.2 Å². The van der Waals surface area contributed by atoms with Gasteiger partial charge in [-0.05, 0) is 19.8 Å². The minimum absolute atomic E-state index is 0. The zero-order chi connectivity index (χ0) is 7.11. The van der Waals surface area contributed by atoms with Crippen molar-refractivity contribution in [2.45, 2.75) is 26.2 Å². The summed E-state index contributed by atoms with van der Waals surface area (Å²) in [5.41, 5.74) is 0. The molecule has 0 atom stereocenters. The first kappa shape index (κ1) is 12.8. The molecule has 0 radical (unpaired) electrons. The quantitative estimate of drug-likeness (QED) is 0.373. The first-order valence-corrected chi connectivity index (χ1v) is 3.10. The van der Waals surface area contributed by atoms with E-state index in [9.17, 15) is 4.79 Å². The van der Waals surface area contributed by atoms with Gasteiger partial charge in [0.25, 0.3) is 0 Å². The molecule has 3 heteroatoms. The molecule has 0 aromatic rings. The van der Waals surface area contributed by atoms with Gasteiger partial charge < -0.3 is 5.11 Å². The van der Waals surface area contributed by atoms with Gasteiger partial charge in [-0.3, -0.25) is 4.79 Å². The predicted octanol–water partition coefficient (Wildman–Crippen LogP) is 1.17. The Morgan fingerprint density at radius 2 is 2.20 bits per heavy atom. The molecule has 0 heterocycles. The Balaban J connectivity index is 0. The van der Waals surface area contributed by atoms with Gasteiger partial charge in [0, 0.05) is 6.42 Å². The van der Waals surface area contributed by atoms with Crippen molar-refractivity contribution >= 4 is 35.5 Å². The van der Waals surface area contributed by atoms with Gasteiger partial charge in [0.05, 0.1) is 0 Å². The molecule has 0 aliphatic rings. The number of carbonyl (C=O) groups is 1. The molecule has 0 aromatic carbocycles. The van der Waals surface area contributed by atoms with Crippen LogP contribution in [-0.2, 0) is 4.79 Å². The molecule has 2 nitrogen and oxygen atoms in total. The van der Waals surface area contributed by atoms with Gasteiger partial charge in [-0.1, -0.05) is 12.2 Å². The molecule has 0 rings (SSSR count). The van der Waals surface area contributed by atoms with Crippen LogP contribution < -0.4 is 0 Å². The summed E-state index contributed by atoms with van der Waals surface area (Å²) in [6, 6.07) is 0. The Bertz CT molecular complexity index is 110. The topological polar surface area (TPSA) is 37.3 Å². The van der Waals surface area contributed by atoms with Crippen molar-refractivity contribution in [3.8, 4) is 0 Å². The van der Waals surface area contributed by atoms with Crippen LogP contribution in [0.2, 0.25) is 0 Å². The summed E-state index contributed by atoms with van der Waals surface area (Å²) >= 11 is 0. The molecule has 10 heavy (non-hydrogen) atoms. The maximum absolute atomic E-state index is 9.94. The molecule has 0 fully saturated rings. The summed E-state index contributed by atoms with van der Waals surface area (Å²) in [7, 11) is 0. The van der Waals surface area contributed by atoms with Crippen LogP contribution in [0, 0.1) is 0 Å². The molecular formula is C7H13NaO2. The van der Waals surface area contributed by atoms with E-state index >= 15 is 0 Å². The van der Waals surface area contributed by atoms with Gasteiger partial charge in [0.1, 0.15) is 0 Å². The van der Waals surface area contributed by atoms with E-state index in [4.69, 9.17) is 5.11 Å². The fourth-order valence-corrected chi connectivity index (χ4v) is 0.538. The van der Waals surface area contributed by atoms with Crippen LogP contribution in [0.4, 0.5) is 0 Å². The van der Waals surface area contributed by atoms with E-state index in [-0.39, 0.29) is 36.0 Å². The van der Waals surface area contributed by atoms with Gasteiger partial charge in [-0.2, -0.15) is 0 Å². The van der Waals surface area contributed by atoms with Crippen molar-refractivity contribution in [2.75, 3.05) is 0 Å². The summed E-state index contributed by atoms with van der Waals surface area (Å²) in [6.45, 7) is 1.93. The van der Waals surface area contributed by atoms with Crippen LogP contribution >= 0.6 is 0 Å². The first-order valence-electron chi connectivity index (χ1n) is 3.10. The van der Waals surface area contributed by atoms with Crippen molar-refractivity contribution < 1.29 is 9.90 Å². The maximum atomic E-state index is 9.94. The van der Waals surface area contributed by atoms with Gasteiger partial charge in [0.15, 0.2) is 0 Å². The molecule has 0 aliphatic heterocycles. The Morgan fingerprint density at radius 3 is 2.60 bits per heavy atom. The fraction of sp³-hybridized carbons (Fsp3) is 0.571. The van der Waals surface area contributed by atoms with Crippen LogP contribution in [-0.4, -0.2) is 40.6 Å². The number of unbranched alkanes of at least 4 members (excludes halogenated alkanes) is 1. The molecule has 0 amide bonds. The Kier molecular flexibility index (Phi) is 11.8. The summed E-state index contributed by atoms with van der Waals surface area (Å²) in [5.74, 6) is -0.709. The van der Waals surface area contributed by atoms with Crippen LogP contribution in [0.3, 0.4) is 0 Å². The third kappa shape index (κ3) is 11.1. The van der Waals surface area contributed by atoms with Crippen molar-refractivity contribution in [1.29, 1.82) is 0 Å². The number of rotatable bonds is 4. The van der Waals surface area contributed by atoms with Gasteiger partial charge in [0.2, 0.25) is 0 Å². The molecular weight excluding hydrogens is 139 g/mol. The number of carboxylic acid groups (broad SMARTS) is 1. The number of aliphatic carboxylic acids is 1. The van der Waals surface area contributed by atoms with Crippen LogP contribution in [0.5, 0.6) is 0 Å². The van der Waals surface area contributed by atoms with Crippen molar-refractivity contribution in [3.05, 3.63) is 12.2 Å². The number of hydrogen-bond acceptors (Lipinski definition) is 1. The Hall–Kier alpha value is 0.210. The van der Waals surface area contributed by atoms with E-state index < -0.39 is 5.97 Å². The third-order valence-electron chi connectivity index (χ3n) is 0.997. The van der Waals surface area contributed by atoms with Crippen LogP contribution in [0.15, 0.2) is 12.2 Å². The average molecular weight is 152 g/mol. The summed E-state index contributed by atoms with van der Waals surface area (Å²) in [4.78, 5) is 9.94. The third-order valence-corrected chi connectivity index (χ3v) is 0.997. The summed E-state index contributed by atoms with van der Waals surface area (Å²) in [6.07, 6.45) is 5.82. The molecule has 54 valence electrons. The van der Waals surface area contributed by atoms with E-state index in [0.717, 1.165) is 12.8 Å². The second-order valence-corrected chi connectivity index (χ2v) is 1.86. The normalized spacial score (nSPS) is 9.30. The second kappa shape index (κ2) is 9.21. The zero-order valence-electron chi connectivity index (χ0n) is 5.63. The number of allylic oxidation sites excluding steroid dienone is 2. The second-order valence-electron chi connectivity index (χ2n) is 1.86. The molecule has 1 N–H and O–H groups in total. The minimum atomic E-state index is -0.709. The SMILES string of the molecule is CC=CCCCC(=O)O.[NaH]. The van der Waals surface area contributed by atoms with Gasteiger partial charge >= 0.3 is 35.5 Å². The molecule has 0 saturated carbocycles. The van der Waals surface area contributed by atoms with Gasteiger partial charge in [-0.15, -0.1) is 0 Å². The van der Waals surface area contributed by atoms with Crippen molar-refractivity contribution in [2.24, 2.45) is 0 Å². The van der Waals surface area contributed by atoms with E-state index in [2.05, 4.69) is 0 Å². The molecule has 0 bridgehead atoms. The first-order chi connectivity index (χ1) is 4.27. The van der Waals surface area contributed by atoms with E-state index in [0.29, 0.717) is 0 Å². The molecule has 0 spiro atoms. The molecule has 0 unspecified atom stereocenters. The Morgan fingerprint density at radius 1 is 1.60 bits per heavy atom. The van der Waals surface area contributed by atoms with Crippen molar-refractivity contribution in [1.82, 2.24) is 0 Å². The van der Waals surface area contributed by atoms with Crippen LogP contribution in [0.25, 0.3) is 0 Å². The number of carboxylic acids is 1. The van der Waals surface area contributed by atoms with E-state index in [1.807, 2.05) is 19.1 Å². The number of hydrogen-bond donors (Lipinski definition) is 1. The average Bonchev–Trinajstić information content (AvgIpc) is 1.80. The predicted molar refractivity (Wildman–Crippen MR) is 43.4 cm³/mol. The molecule has 0 saturated heterocycles. The monoisotopic (exact) mass is 152 g/mol. The fourth-order valence-electron chi connectivity index (χ4n) is 0.538. The summed E-state index contributed by atoms with van der Waals surface area (Å²) in [5, 5.41) is 8.19. The summed E-state index contributed by atoms with van der Waals surface area (Å²) < 4.78 is 0. The van der Waals surface area contributed by atoms with E-state index in [1.165, 1.54) is 0 Å². The van der Waals surface area contributed by atoms with Crippen molar-refractivity contribution in [3.63, 3.8) is 0 Å².